The van der Waals surface area contributed by atoms with Gasteiger partial charge in [-0.2, -0.15) is 0 Å². The predicted octanol–water partition coefficient (Wildman–Crippen LogP) is 3.64. The molecule has 17 heavy (non-hydrogen) atoms. The van der Waals surface area contributed by atoms with Crippen molar-refractivity contribution < 1.29 is 0 Å². The smallest absolute Gasteiger partial charge is 0.170 e. The molecule has 0 heterocycles. The minimum Gasteiger partial charge on any atom is -0.362 e. The second-order valence-corrected chi connectivity index (χ2v) is 5.35. The van der Waals surface area contributed by atoms with Crippen LogP contribution >= 0.6 is 12.2 Å². The molecule has 2 N–H and O–H groups in total. The summed E-state index contributed by atoms with van der Waals surface area (Å²) in [6.07, 6.45) is 1.13. The summed E-state index contributed by atoms with van der Waals surface area (Å²) in [5.74, 6) is 0.700. The van der Waals surface area contributed by atoms with Crippen LogP contribution in [0.1, 0.15) is 31.4 Å². The first-order valence-electron chi connectivity index (χ1n) is 6.10. The number of benzene rings is 1. The fraction of sp³-hybridized carbons (Fsp3) is 0.500. The number of thiocarbonyl (C=S) groups is 1. The zero-order chi connectivity index (χ0) is 12.8. The van der Waals surface area contributed by atoms with Gasteiger partial charge in [0.2, 0.25) is 0 Å². The molecule has 0 unspecified atom stereocenters. The normalized spacial score (nSPS) is 10.4. The summed E-state index contributed by atoms with van der Waals surface area (Å²) in [6, 6.07) is 6.35. The van der Waals surface area contributed by atoms with E-state index in [2.05, 4.69) is 56.5 Å². The van der Waals surface area contributed by atoms with E-state index in [0.717, 1.165) is 18.7 Å². The van der Waals surface area contributed by atoms with Gasteiger partial charge in [0.05, 0.1) is 0 Å². The summed E-state index contributed by atoms with van der Waals surface area (Å²) in [5, 5.41) is 7.14. The van der Waals surface area contributed by atoms with Gasteiger partial charge in [-0.3, -0.25) is 0 Å². The van der Waals surface area contributed by atoms with E-state index < -0.39 is 0 Å². The molecule has 0 fully saturated rings. The molecule has 1 aromatic rings. The average molecular weight is 250 g/mol. The van der Waals surface area contributed by atoms with Gasteiger partial charge in [0.1, 0.15) is 0 Å². The van der Waals surface area contributed by atoms with Crippen LogP contribution in [0, 0.1) is 19.8 Å². The van der Waals surface area contributed by atoms with E-state index in [9.17, 15) is 0 Å². The van der Waals surface area contributed by atoms with E-state index in [0.29, 0.717) is 11.0 Å². The van der Waals surface area contributed by atoms with Crippen molar-refractivity contribution in [1.29, 1.82) is 0 Å². The third-order valence-electron chi connectivity index (χ3n) is 2.49. The molecule has 0 radical (unpaired) electrons. The summed E-state index contributed by atoms with van der Waals surface area (Å²) < 4.78 is 0. The van der Waals surface area contributed by atoms with Gasteiger partial charge in [-0.15, -0.1) is 0 Å². The molecular formula is C14H22N2S. The predicted molar refractivity (Wildman–Crippen MR) is 79.6 cm³/mol. The van der Waals surface area contributed by atoms with Crippen LogP contribution in [-0.2, 0) is 0 Å². The van der Waals surface area contributed by atoms with Crippen molar-refractivity contribution in [3.63, 3.8) is 0 Å². The Hall–Kier alpha value is -1.09. The van der Waals surface area contributed by atoms with Gasteiger partial charge >= 0.3 is 0 Å². The van der Waals surface area contributed by atoms with Gasteiger partial charge in [0, 0.05) is 12.2 Å². The molecule has 0 aromatic heterocycles. The van der Waals surface area contributed by atoms with Crippen LogP contribution in [0.5, 0.6) is 0 Å². The topological polar surface area (TPSA) is 24.1 Å². The molecule has 2 nitrogen and oxygen atoms in total. The zero-order valence-corrected chi connectivity index (χ0v) is 11.9. The summed E-state index contributed by atoms with van der Waals surface area (Å²) in [6.45, 7) is 9.53. The molecule has 3 heteroatoms. The van der Waals surface area contributed by atoms with E-state index >= 15 is 0 Å². The summed E-state index contributed by atoms with van der Waals surface area (Å²) in [5.41, 5.74) is 3.56. The quantitative estimate of drug-likeness (QED) is 0.798. The Morgan fingerprint density at radius 3 is 2.29 bits per heavy atom. The van der Waals surface area contributed by atoms with Crippen molar-refractivity contribution in [2.75, 3.05) is 11.9 Å². The summed E-state index contributed by atoms with van der Waals surface area (Å²) in [4.78, 5) is 0. The lowest BCUT2D eigenvalue weighted by atomic mass is 10.1. The highest BCUT2D eigenvalue weighted by molar-refractivity contribution is 7.80. The molecule has 1 aromatic carbocycles. The monoisotopic (exact) mass is 250 g/mol. The number of anilines is 1. The third-order valence-corrected chi connectivity index (χ3v) is 2.73. The highest BCUT2D eigenvalue weighted by Crippen LogP contribution is 2.13. The summed E-state index contributed by atoms with van der Waals surface area (Å²) in [7, 11) is 0. The number of nitrogens with one attached hydrogen (secondary N) is 2. The molecule has 0 aliphatic carbocycles. The van der Waals surface area contributed by atoms with Crippen molar-refractivity contribution >= 4 is 23.0 Å². The number of hydrogen-bond donors (Lipinski definition) is 2. The van der Waals surface area contributed by atoms with E-state index in [-0.39, 0.29) is 0 Å². The average Bonchev–Trinajstić information content (AvgIpc) is 2.14. The molecule has 0 bridgehead atoms. The van der Waals surface area contributed by atoms with Crippen LogP contribution < -0.4 is 10.6 Å². The fourth-order valence-corrected chi connectivity index (χ4v) is 1.92. The molecule has 94 valence electrons. The van der Waals surface area contributed by atoms with Crippen molar-refractivity contribution in [3.05, 3.63) is 29.3 Å². The molecular weight excluding hydrogens is 228 g/mol. The Morgan fingerprint density at radius 2 is 1.76 bits per heavy atom. The highest BCUT2D eigenvalue weighted by Gasteiger charge is 2.00. The molecule has 0 amide bonds. The van der Waals surface area contributed by atoms with Crippen molar-refractivity contribution in [2.45, 2.75) is 34.1 Å². The molecule has 0 atom stereocenters. The van der Waals surface area contributed by atoms with Gasteiger partial charge in [-0.25, -0.2) is 0 Å². The molecule has 0 saturated heterocycles. The van der Waals surface area contributed by atoms with Gasteiger partial charge in [-0.1, -0.05) is 19.9 Å². The molecule has 0 aliphatic rings. The Bertz CT molecular complexity index is 366. The van der Waals surface area contributed by atoms with Crippen molar-refractivity contribution in [3.8, 4) is 0 Å². The van der Waals surface area contributed by atoms with Crippen molar-refractivity contribution in [1.82, 2.24) is 5.32 Å². The van der Waals surface area contributed by atoms with E-state index in [1.54, 1.807) is 0 Å². The first-order valence-corrected chi connectivity index (χ1v) is 6.51. The van der Waals surface area contributed by atoms with Gasteiger partial charge < -0.3 is 10.6 Å². The maximum absolute atomic E-state index is 5.25. The van der Waals surface area contributed by atoms with Gasteiger partial charge in [-0.05, 0) is 61.7 Å². The molecule has 0 aliphatic heterocycles. The van der Waals surface area contributed by atoms with Crippen LogP contribution in [0.25, 0.3) is 0 Å². The fourth-order valence-electron chi connectivity index (χ4n) is 1.70. The molecule has 1 rings (SSSR count). The molecule has 0 spiro atoms. The third kappa shape index (κ3) is 5.68. The van der Waals surface area contributed by atoms with Crippen LogP contribution in [0.4, 0.5) is 5.69 Å². The van der Waals surface area contributed by atoms with Crippen molar-refractivity contribution in [2.24, 2.45) is 5.92 Å². The largest absolute Gasteiger partial charge is 0.362 e. The second-order valence-electron chi connectivity index (χ2n) is 4.94. The summed E-state index contributed by atoms with van der Waals surface area (Å²) >= 11 is 5.25. The standard InChI is InChI=1S/C14H22N2S/c1-10(2)5-6-15-14(17)16-13-8-11(3)7-12(4)9-13/h7-10H,5-6H2,1-4H3,(H2,15,16,17). The minimum atomic E-state index is 0.700. The van der Waals surface area contributed by atoms with Crippen LogP contribution in [0.2, 0.25) is 0 Å². The van der Waals surface area contributed by atoms with E-state index in [4.69, 9.17) is 12.2 Å². The lowest BCUT2D eigenvalue weighted by Gasteiger charge is -2.12. The lowest BCUT2D eigenvalue weighted by Crippen LogP contribution is -2.29. The Labute approximate surface area is 110 Å². The number of rotatable bonds is 4. The lowest BCUT2D eigenvalue weighted by molar-refractivity contribution is 0.579. The van der Waals surface area contributed by atoms with Gasteiger partial charge in [0.25, 0.3) is 0 Å². The maximum atomic E-state index is 5.25. The maximum Gasteiger partial charge on any atom is 0.170 e. The first kappa shape index (κ1) is 14.0. The van der Waals surface area contributed by atoms with E-state index in [1.165, 1.54) is 11.1 Å². The Morgan fingerprint density at radius 1 is 1.18 bits per heavy atom. The van der Waals surface area contributed by atoms with Gasteiger partial charge in [0.15, 0.2) is 5.11 Å². The Balaban J connectivity index is 2.45. The Kier molecular flexibility index (Phi) is 5.42. The van der Waals surface area contributed by atoms with Crippen LogP contribution in [0.3, 0.4) is 0 Å². The highest BCUT2D eigenvalue weighted by atomic mass is 32.1. The number of aryl methyl sites for hydroxylation is 2. The zero-order valence-electron chi connectivity index (χ0n) is 11.1. The first-order chi connectivity index (χ1) is 7.97. The van der Waals surface area contributed by atoms with Crippen LogP contribution in [-0.4, -0.2) is 11.7 Å². The second kappa shape index (κ2) is 6.60. The molecule has 0 saturated carbocycles. The SMILES string of the molecule is Cc1cc(C)cc(NC(=S)NCCC(C)C)c1. The number of hydrogen-bond acceptors (Lipinski definition) is 1. The minimum absolute atomic E-state index is 0.700. The van der Waals surface area contributed by atoms with E-state index in [1.807, 2.05) is 0 Å². The van der Waals surface area contributed by atoms with Crippen LogP contribution in [0.15, 0.2) is 18.2 Å².